The van der Waals surface area contributed by atoms with Crippen LogP contribution >= 0.6 is 11.8 Å². The van der Waals surface area contributed by atoms with Gasteiger partial charge in [0.25, 0.3) is 0 Å². The fraction of sp³-hybridized carbons (Fsp3) is 0.167. The maximum absolute atomic E-state index is 11.8. The van der Waals surface area contributed by atoms with Crippen LogP contribution in [0.2, 0.25) is 0 Å². The number of thioether (sulfide) groups is 1. The summed E-state index contributed by atoms with van der Waals surface area (Å²) < 4.78 is 11.8. The number of nitrogens with zero attached hydrogens (tertiary/aromatic N) is 2. The Bertz CT molecular complexity index is 1020. The first kappa shape index (κ1) is 20.1. The van der Waals surface area contributed by atoms with Crippen molar-refractivity contribution in [3.05, 3.63) is 42.5 Å². The van der Waals surface area contributed by atoms with Gasteiger partial charge in [-0.15, -0.1) is 5.10 Å². The Hall–Kier alpha value is -2.69. The Morgan fingerprint density at radius 2 is 2.04 bits per heavy atom. The van der Waals surface area contributed by atoms with Gasteiger partial charge < -0.3 is 5.11 Å². The van der Waals surface area contributed by atoms with E-state index in [1.54, 1.807) is 6.26 Å². The van der Waals surface area contributed by atoms with E-state index in [0.717, 1.165) is 33.3 Å². The molecule has 1 aromatic heterocycles. The van der Waals surface area contributed by atoms with Crippen molar-refractivity contribution in [3.8, 4) is 22.5 Å². The topological polar surface area (TPSA) is 117 Å². The van der Waals surface area contributed by atoms with E-state index in [0.29, 0.717) is 16.7 Å². The third-order valence-corrected chi connectivity index (χ3v) is 5.47. The van der Waals surface area contributed by atoms with Gasteiger partial charge in [-0.05, 0) is 41.5 Å². The highest BCUT2D eigenvalue weighted by Gasteiger charge is 2.12. The average Bonchev–Trinajstić information content (AvgIpc) is 3.16. The molecule has 0 aliphatic carbocycles. The molecule has 3 aromatic rings. The summed E-state index contributed by atoms with van der Waals surface area (Å²) in [4.78, 5) is 20.8. The average molecular weight is 419 g/mol. The number of aromatic amines is 1. The predicted molar refractivity (Wildman–Crippen MR) is 109 cm³/mol. The van der Waals surface area contributed by atoms with Gasteiger partial charge in [0.15, 0.2) is 5.82 Å². The predicted octanol–water partition coefficient (Wildman–Crippen LogP) is 3.03. The van der Waals surface area contributed by atoms with Crippen LogP contribution in [-0.4, -0.2) is 49.6 Å². The molecule has 1 unspecified atom stereocenters. The first-order chi connectivity index (χ1) is 13.5. The van der Waals surface area contributed by atoms with Gasteiger partial charge in [0, 0.05) is 27.5 Å². The van der Waals surface area contributed by atoms with Crippen molar-refractivity contribution in [3.63, 3.8) is 0 Å². The minimum atomic E-state index is -1.09. The van der Waals surface area contributed by atoms with E-state index in [1.165, 1.54) is 7.11 Å². The normalized spacial score (nSPS) is 11.9. The quantitative estimate of drug-likeness (QED) is 0.377. The van der Waals surface area contributed by atoms with Crippen molar-refractivity contribution in [1.29, 1.82) is 0 Å². The molecule has 0 radical (unpaired) electrons. The summed E-state index contributed by atoms with van der Waals surface area (Å²) in [6.45, 7) is 0. The van der Waals surface area contributed by atoms with E-state index in [1.807, 2.05) is 42.5 Å². The Morgan fingerprint density at radius 3 is 2.75 bits per heavy atom. The molecule has 8 nitrogen and oxygen atoms in total. The van der Waals surface area contributed by atoms with Crippen LogP contribution in [0.4, 0.5) is 5.69 Å². The van der Waals surface area contributed by atoms with E-state index in [9.17, 15) is 9.00 Å². The van der Waals surface area contributed by atoms with Gasteiger partial charge in [0.2, 0.25) is 5.16 Å². The zero-order valence-electron chi connectivity index (χ0n) is 15.1. The van der Waals surface area contributed by atoms with Crippen molar-refractivity contribution in [1.82, 2.24) is 15.2 Å². The number of aliphatic carboxylic acids is 1. The van der Waals surface area contributed by atoms with Crippen LogP contribution in [0.1, 0.15) is 0 Å². The van der Waals surface area contributed by atoms with Crippen LogP contribution < -0.4 is 5.48 Å². The first-order valence-electron chi connectivity index (χ1n) is 8.11. The van der Waals surface area contributed by atoms with Crippen LogP contribution in [0.3, 0.4) is 0 Å². The van der Waals surface area contributed by atoms with Gasteiger partial charge in [0.1, 0.15) is 0 Å². The van der Waals surface area contributed by atoms with Crippen LogP contribution in [0.15, 0.2) is 52.5 Å². The number of carbonyl (C=O) groups is 1. The molecule has 0 bridgehead atoms. The molecule has 2 aromatic carbocycles. The lowest BCUT2D eigenvalue weighted by Crippen LogP contribution is -1.98. The van der Waals surface area contributed by atoms with Crippen molar-refractivity contribution in [2.75, 3.05) is 24.6 Å². The maximum Gasteiger partial charge on any atom is 0.313 e. The molecule has 0 amide bonds. The van der Waals surface area contributed by atoms with Crippen molar-refractivity contribution < 1.29 is 18.9 Å². The number of hydrogen-bond acceptors (Lipinski definition) is 7. The van der Waals surface area contributed by atoms with E-state index in [4.69, 9.17) is 9.94 Å². The fourth-order valence-electron chi connectivity index (χ4n) is 2.53. The second kappa shape index (κ2) is 9.00. The first-order valence-corrected chi connectivity index (χ1v) is 10.7. The largest absolute Gasteiger partial charge is 0.481 e. The van der Waals surface area contributed by atoms with Crippen molar-refractivity contribution >= 4 is 34.2 Å². The van der Waals surface area contributed by atoms with E-state index < -0.39 is 16.8 Å². The molecule has 0 saturated heterocycles. The van der Waals surface area contributed by atoms with E-state index >= 15 is 0 Å². The summed E-state index contributed by atoms with van der Waals surface area (Å²) in [7, 11) is 0.431. The Morgan fingerprint density at radius 1 is 1.25 bits per heavy atom. The SMILES string of the molecule is CONc1cc(-c2cccc(S(C)=O)c2)cc(-c2nc(SCC(=O)O)n[nH]2)c1. The highest BCUT2D eigenvalue weighted by molar-refractivity contribution is 7.99. The molecule has 0 spiro atoms. The molecule has 28 heavy (non-hydrogen) atoms. The van der Waals surface area contributed by atoms with Crippen molar-refractivity contribution in [2.24, 2.45) is 0 Å². The molecule has 0 aliphatic rings. The van der Waals surface area contributed by atoms with Gasteiger partial charge in [-0.25, -0.2) is 4.98 Å². The monoisotopic (exact) mass is 418 g/mol. The summed E-state index contributed by atoms with van der Waals surface area (Å²) in [5, 5.41) is 16.0. The van der Waals surface area contributed by atoms with Crippen LogP contribution in [0.25, 0.3) is 22.5 Å². The lowest BCUT2D eigenvalue weighted by atomic mass is 10.0. The van der Waals surface area contributed by atoms with Gasteiger partial charge in [-0.3, -0.25) is 24.4 Å². The van der Waals surface area contributed by atoms with Crippen molar-refractivity contribution in [2.45, 2.75) is 10.1 Å². The smallest absolute Gasteiger partial charge is 0.313 e. The highest BCUT2D eigenvalue weighted by atomic mass is 32.2. The minimum absolute atomic E-state index is 0.116. The summed E-state index contributed by atoms with van der Waals surface area (Å²) in [5.41, 5.74) is 6.03. The zero-order chi connectivity index (χ0) is 20.1. The number of H-pyrrole nitrogens is 1. The lowest BCUT2D eigenvalue weighted by molar-refractivity contribution is -0.133. The number of anilines is 1. The van der Waals surface area contributed by atoms with Crippen LogP contribution in [0.5, 0.6) is 0 Å². The maximum atomic E-state index is 11.8. The second-order valence-electron chi connectivity index (χ2n) is 5.74. The lowest BCUT2D eigenvalue weighted by Gasteiger charge is -2.10. The molecule has 1 atom stereocenters. The summed E-state index contributed by atoms with van der Waals surface area (Å²) in [6.07, 6.45) is 1.64. The molecule has 10 heteroatoms. The van der Waals surface area contributed by atoms with Crippen LogP contribution in [0, 0.1) is 0 Å². The second-order valence-corrected chi connectivity index (χ2v) is 8.06. The number of benzene rings is 2. The Kier molecular flexibility index (Phi) is 6.45. The summed E-state index contributed by atoms with van der Waals surface area (Å²) in [6, 6.07) is 13.1. The molecule has 146 valence electrons. The number of aromatic nitrogens is 3. The van der Waals surface area contributed by atoms with Gasteiger partial charge in [0.05, 0.1) is 18.6 Å². The molecular weight excluding hydrogens is 400 g/mol. The zero-order valence-corrected chi connectivity index (χ0v) is 16.8. The molecular formula is C18H18N4O4S2. The minimum Gasteiger partial charge on any atom is -0.481 e. The summed E-state index contributed by atoms with van der Waals surface area (Å²) in [5.74, 6) is -0.545. The molecule has 0 fully saturated rings. The molecule has 0 aliphatic heterocycles. The number of hydrogen-bond donors (Lipinski definition) is 3. The number of nitrogens with one attached hydrogen (secondary N) is 2. The third-order valence-electron chi connectivity index (χ3n) is 3.72. The number of rotatable bonds is 8. The molecule has 1 heterocycles. The Labute approximate surface area is 168 Å². The van der Waals surface area contributed by atoms with Crippen LogP contribution in [-0.2, 0) is 20.4 Å². The molecule has 3 N–H and O–H groups in total. The Balaban J connectivity index is 1.99. The van der Waals surface area contributed by atoms with Gasteiger partial charge in [-0.1, -0.05) is 23.9 Å². The molecule has 0 saturated carbocycles. The standard InChI is InChI=1S/C18H18N4O4S2/c1-26-22-14-7-12(11-4-3-5-15(9-11)28(2)25)6-13(8-14)17-19-18(21-20-17)27-10-16(23)24/h3-9,22H,10H2,1-2H3,(H,23,24)(H,19,20,21). The number of carboxylic acids is 1. The number of carboxylic acid groups (broad SMARTS) is 1. The van der Waals surface area contributed by atoms with E-state index in [-0.39, 0.29) is 5.75 Å². The third kappa shape index (κ3) is 4.97. The van der Waals surface area contributed by atoms with Gasteiger partial charge >= 0.3 is 5.97 Å². The van der Waals surface area contributed by atoms with E-state index in [2.05, 4.69) is 20.7 Å². The summed E-state index contributed by atoms with van der Waals surface area (Å²) >= 11 is 1.04. The van der Waals surface area contributed by atoms with Gasteiger partial charge in [-0.2, -0.15) is 0 Å². The molecule has 3 rings (SSSR count). The highest BCUT2D eigenvalue weighted by Crippen LogP contribution is 2.30. The fourth-order valence-corrected chi connectivity index (χ4v) is 3.61.